The van der Waals surface area contributed by atoms with Crippen LogP contribution in [0.4, 0.5) is 0 Å². The fourth-order valence-corrected chi connectivity index (χ4v) is 3.25. The van der Waals surface area contributed by atoms with Crippen molar-refractivity contribution in [3.63, 3.8) is 0 Å². The average Bonchev–Trinajstić information content (AvgIpc) is 2.53. The topological polar surface area (TPSA) is 88.0 Å². The van der Waals surface area contributed by atoms with Gasteiger partial charge in [0.1, 0.15) is 0 Å². The Morgan fingerprint density at radius 2 is 2.00 bits per heavy atom. The summed E-state index contributed by atoms with van der Waals surface area (Å²) in [6.07, 6.45) is 1.24. The van der Waals surface area contributed by atoms with Crippen LogP contribution in [0.25, 0.3) is 0 Å². The highest BCUT2D eigenvalue weighted by atomic mass is 32.2. The van der Waals surface area contributed by atoms with Crippen LogP contribution < -0.4 is 9.57 Å². The van der Waals surface area contributed by atoms with Gasteiger partial charge in [-0.15, -0.1) is 0 Å². The van der Waals surface area contributed by atoms with Crippen molar-refractivity contribution in [2.24, 2.45) is 5.10 Å². The third-order valence-electron chi connectivity index (χ3n) is 3.34. The van der Waals surface area contributed by atoms with Crippen molar-refractivity contribution >= 4 is 16.2 Å². The van der Waals surface area contributed by atoms with E-state index >= 15 is 0 Å². The van der Waals surface area contributed by atoms with Crippen LogP contribution in [-0.4, -0.2) is 26.3 Å². The predicted molar refractivity (Wildman–Crippen MR) is 93.1 cm³/mol. The Hall–Kier alpha value is -2.54. The van der Waals surface area contributed by atoms with Gasteiger partial charge in [-0.2, -0.15) is 13.5 Å². The molecule has 2 aromatic carbocycles. The molecule has 0 spiro atoms. The van der Waals surface area contributed by atoms with E-state index in [0.29, 0.717) is 23.5 Å². The Bertz CT molecular complexity index is 861. The number of para-hydroxylation sites is 1. The number of hydrogen-bond acceptors (Lipinski definition) is 5. The number of aryl methyl sites for hydroxylation is 2. The second-order valence-corrected chi connectivity index (χ2v) is 6.88. The van der Waals surface area contributed by atoms with E-state index in [4.69, 9.17) is 4.74 Å². The number of rotatable bonds is 6. The molecule has 0 heterocycles. The molecule has 0 fully saturated rings. The summed E-state index contributed by atoms with van der Waals surface area (Å²) in [5.74, 6) is 0.230. The van der Waals surface area contributed by atoms with Crippen LogP contribution in [0.5, 0.6) is 11.5 Å². The van der Waals surface area contributed by atoms with E-state index in [1.54, 1.807) is 44.2 Å². The van der Waals surface area contributed by atoms with Crippen molar-refractivity contribution < 1.29 is 18.3 Å². The first kappa shape index (κ1) is 17.8. The van der Waals surface area contributed by atoms with Gasteiger partial charge in [-0.1, -0.05) is 18.2 Å². The molecule has 128 valence electrons. The van der Waals surface area contributed by atoms with E-state index < -0.39 is 10.0 Å². The van der Waals surface area contributed by atoms with E-state index in [1.165, 1.54) is 6.21 Å². The number of hydrazone groups is 1. The zero-order valence-electron chi connectivity index (χ0n) is 13.8. The number of phenols is 1. The second-order valence-electron chi connectivity index (χ2n) is 5.25. The zero-order chi connectivity index (χ0) is 17.7. The molecule has 2 rings (SSSR count). The fourth-order valence-electron chi connectivity index (χ4n) is 2.13. The van der Waals surface area contributed by atoms with Gasteiger partial charge in [0.2, 0.25) is 0 Å². The van der Waals surface area contributed by atoms with E-state index in [0.717, 1.165) is 5.56 Å². The highest BCUT2D eigenvalue weighted by Crippen LogP contribution is 2.28. The minimum Gasteiger partial charge on any atom is -0.504 e. The van der Waals surface area contributed by atoms with Gasteiger partial charge in [0.25, 0.3) is 10.0 Å². The van der Waals surface area contributed by atoms with Crippen molar-refractivity contribution in [3.8, 4) is 11.5 Å². The maximum atomic E-state index is 12.3. The molecular formula is C17H20N2O4S. The minimum absolute atomic E-state index is 0.0889. The lowest BCUT2D eigenvalue weighted by Crippen LogP contribution is -2.19. The quantitative estimate of drug-likeness (QED) is 0.621. The number of phenolic OH excluding ortho intramolecular Hbond substituents is 1. The van der Waals surface area contributed by atoms with Crippen LogP contribution in [0, 0.1) is 13.8 Å². The molecule has 0 radical (unpaired) electrons. The SMILES string of the molecule is CCOc1cccc(/C=N\NS(=O)(=O)c2cc(C)ccc2C)c1O. The average molecular weight is 348 g/mol. The summed E-state index contributed by atoms with van der Waals surface area (Å²) in [4.78, 5) is 2.33. The van der Waals surface area contributed by atoms with E-state index in [2.05, 4.69) is 9.93 Å². The van der Waals surface area contributed by atoms with Crippen molar-refractivity contribution in [2.75, 3.05) is 6.61 Å². The number of nitrogens with zero attached hydrogens (tertiary/aromatic N) is 1. The molecular weight excluding hydrogens is 328 g/mol. The largest absolute Gasteiger partial charge is 0.504 e. The van der Waals surface area contributed by atoms with Gasteiger partial charge in [0.05, 0.1) is 17.7 Å². The third-order valence-corrected chi connectivity index (χ3v) is 4.70. The van der Waals surface area contributed by atoms with Gasteiger partial charge in [-0.3, -0.25) is 0 Å². The van der Waals surface area contributed by atoms with Gasteiger partial charge in [-0.05, 0) is 50.1 Å². The molecule has 0 aliphatic carbocycles. The van der Waals surface area contributed by atoms with Gasteiger partial charge < -0.3 is 9.84 Å². The van der Waals surface area contributed by atoms with Crippen molar-refractivity contribution in [2.45, 2.75) is 25.7 Å². The van der Waals surface area contributed by atoms with Crippen LogP contribution in [0.3, 0.4) is 0 Å². The fraction of sp³-hybridized carbons (Fsp3) is 0.235. The molecule has 0 bridgehead atoms. The third kappa shape index (κ3) is 4.05. The lowest BCUT2D eigenvalue weighted by molar-refractivity contribution is 0.318. The smallest absolute Gasteiger partial charge is 0.276 e. The van der Waals surface area contributed by atoms with E-state index in [-0.39, 0.29) is 10.6 Å². The first-order valence-electron chi connectivity index (χ1n) is 7.42. The van der Waals surface area contributed by atoms with Crippen LogP contribution in [0.15, 0.2) is 46.4 Å². The number of benzene rings is 2. The summed E-state index contributed by atoms with van der Waals surface area (Å²) in [6.45, 7) is 5.75. The molecule has 0 unspecified atom stereocenters. The first-order valence-corrected chi connectivity index (χ1v) is 8.90. The molecule has 0 aliphatic rings. The molecule has 0 saturated carbocycles. The number of hydrogen-bond donors (Lipinski definition) is 2. The number of aromatic hydroxyl groups is 1. The molecule has 0 aromatic heterocycles. The Balaban J connectivity index is 2.22. The van der Waals surface area contributed by atoms with Gasteiger partial charge in [-0.25, -0.2) is 4.83 Å². The summed E-state index contributed by atoms with van der Waals surface area (Å²) in [5, 5.41) is 13.8. The number of sulfonamides is 1. The molecule has 7 heteroatoms. The molecule has 2 N–H and O–H groups in total. The molecule has 0 aliphatic heterocycles. The van der Waals surface area contributed by atoms with Crippen LogP contribution in [0.2, 0.25) is 0 Å². The highest BCUT2D eigenvalue weighted by Gasteiger charge is 2.16. The lowest BCUT2D eigenvalue weighted by atomic mass is 10.2. The Morgan fingerprint density at radius 3 is 2.71 bits per heavy atom. The standard InChI is InChI=1S/C17H20N2O4S/c1-4-23-15-7-5-6-14(17(15)20)11-18-19-24(21,22)16-10-12(2)8-9-13(16)3/h5-11,19-20H,4H2,1-3H3/b18-11-. The predicted octanol–water partition coefficient (Wildman–Crippen LogP) is 2.72. The summed E-state index contributed by atoms with van der Waals surface area (Å²) in [7, 11) is -3.78. The van der Waals surface area contributed by atoms with Crippen molar-refractivity contribution in [1.82, 2.24) is 4.83 Å². The van der Waals surface area contributed by atoms with E-state index in [9.17, 15) is 13.5 Å². The molecule has 0 saturated heterocycles. The van der Waals surface area contributed by atoms with Crippen molar-refractivity contribution in [3.05, 3.63) is 53.1 Å². The Labute approximate surface area is 141 Å². The Kier molecular flexibility index (Phi) is 5.46. The summed E-state index contributed by atoms with van der Waals surface area (Å²) < 4.78 is 29.9. The van der Waals surface area contributed by atoms with E-state index in [1.807, 2.05) is 13.0 Å². The highest BCUT2D eigenvalue weighted by molar-refractivity contribution is 7.89. The van der Waals surface area contributed by atoms with Gasteiger partial charge >= 0.3 is 0 Å². The van der Waals surface area contributed by atoms with Gasteiger partial charge in [0.15, 0.2) is 11.5 Å². The van der Waals surface area contributed by atoms with Crippen LogP contribution in [0.1, 0.15) is 23.6 Å². The minimum atomic E-state index is -3.78. The normalized spacial score (nSPS) is 11.6. The Morgan fingerprint density at radius 1 is 1.25 bits per heavy atom. The molecule has 0 amide bonds. The molecule has 2 aromatic rings. The summed E-state index contributed by atoms with van der Waals surface area (Å²) >= 11 is 0. The molecule has 6 nitrogen and oxygen atoms in total. The monoisotopic (exact) mass is 348 g/mol. The van der Waals surface area contributed by atoms with Crippen LogP contribution in [-0.2, 0) is 10.0 Å². The summed E-state index contributed by atoms with van der Waals surface area (Å²) in [6, 6.07) is 10.1. The maximum Gasteiger partial charge on any atom is 0.276 e. The number of nitrogens with one attached hydrogen (secondary N) is 1. The second kappa shape index (κ2) is 7.35. The van der Waals surface area contributed by atoms with Crippen molar-refractivity contribution in [1.29, 1.82) is 0 Å². The lowest BCUT2D eigenvalue weighted by Gasteiger charge is -2.09. The number of ether oxygens (including phenoxy) is 1. The molecule has 24 heavy (non-hydrogen) atoms. The summed E-state index contributed by atoms with van der Waals surface area (Å²) in [5.41, 5.74) is 1.82. The first-order chi connectivity index (χ1) is 11.3. The van der Waals surface area contributed by atoms with Crippen LogP contribution >= 0.6 is 0 Å². The maximum absolute atomic E-state index is 12.3. The molecule has 0 atom stereocenters. The zero-order valence-corrected chi connectivity index (χ0v) is 14.6. The van der Waals surface area contributed by atoms with Gasteiger partial charge in [0, 0.05) is 5.56 Å².